The molecule has 0 amide bonds. The molecule has 5 heteroatoms. The molecule has 0 unspecified atom stereocenters. The van der Waals surface area contributed by atoms with E-state index in [2.05, 4.69) is 25.5 Å². The number of benzene rings is 2. The van der Waals surface area contributed by atoms with Crippen molar-refractivity contribution in [3.8, 4) is 5.75 Å². The van der Waals surface area contributed by atoms with Crippen LogP contribution in [0.3, 0.4) is 0 Å². The number of sulfonamides is 1. The molecular formula is C16H19NO3S. The number of para-hydroxylation sites is 1. The van der Waals surface area contributed by atoms with Crippen molar-refractivity contribution in [3.05, 3.63) is 54.1 Å². The number of rotatable bonds is 3. The standard InChI is InChI=1S/C16H19NO3S/c1-16(2,3)12-8-10-13(11-9-12)17-21(19,20)15-7-5-4-6-14(15)18/h4-11,17-18H,1-3H3. The first-order chi connectivity index (χ1) is 9.70. The maximum Gasteiger partial charge on any atom is 0.265 e. The van der Waals surface area contributed by atoms with Gasteiger partial charge in [-0.3, -0.25) is 4.72 Å². The van der Waals surface area contributed by atoms with E-state index in [1.54, 1.807) is 24.3 Å². The van der Waals surface area contributed by atoms with Crippen LogP contribution in [0, 0.1) is 0 Å². The third-order valence-electron chi connectivity index (χ3n) is 3.16. The molecule has 0 aliphatic rings. The smallest absolute Gasteiger partial charge is 0.265 e. The van der Waals surface area contributed by atoms with Crippen LogP contribution >= 0.6 is 0 Å². The number of phenolic OH excluding ortho intramolecular Hbond substituents is 1. The quantitative estimate of drug-likeness (QED) is 0.912. The molecule has 0 spiro atoms. The molecule has 21 heavy (non-hydrogen) atoms. The Bertz CT molecular complexity index is 729. The van der Waals surface area contributed by atoms with E-state index >= 15 is 0 Å². The fraction of sp³-hybridized carbons (Fsp3) is 0.250. The van der Waals surface area contributed by atoms with Gasteiger partial charge in [0, 0.05) is 5.69 Å². The van der Waals surface area contributed by atoms with Crippen molar-refractivity contribution in [3.63, 3.8) is 0 Å². The van der Waals surface area contributed by atoms with E-state index in [4.69, 9.17) is 0 Å². The first-order valence-electron chi connectivity index (χ1n) is 6.61. The van der Waals surface area contributed by atoms with Gasteiger partial charge < -0.3 is 5.11 Å². The van der Waals surface area contributed by atoms with Crippen molar-refractivity contribution in [2.45, 2.75) is 31.1 Å². The van der Waals surface area contributed by atoms with Crippen molar-refractivity contribution < 1.29 is 13.5 Å². The van der Waals surface area contributed by atoms with Crippen LogP contribution in [0.25, 0.3) is 0 Å². The minimum atomic E-state index is -3.79. The summed E-state index contributed by atoms with van der Waals surface area (Å²) in [5, 5.41) is 9.66. The highest BCUT2D eigenvalue weighted by molar-refractivity contribution is 7.92. The zero-order chi connectivity index (χ0) is 15.7. The lowest BCUT2D eigenvalue weighted by atomic mass is 9.87. The number of anilines is 1. The van der Waals surface area contributed by atoms with E-state index in [0.717, 1.165) is 5.56 Å². The Labute approximate surface area is 125 Å². The summed E-state index contributed by atoms with van der Waals surface area (Å²) >= 11 is 0. The summed E-state index contributed by atoms with van der Waals surface area (Å²) in [6.45, 7) is 6.27. The molecule has 0 atom stereocenters. The molecule has 2 N–H and O–H groups in total. The summed E-state index contributed by atoms with van der Waals surface area (Å²) in [5.74, 6) is -0.267. The van der Waals surface area contributed by atoms with Crippen LogP contribution in [0.2, 0.25) is 0 Å². The number of aromatic hydroxyl groups is 1. The van der Waals surface area contributed by atoms with Crippen molar-refractivity contribution in [2.75, 3.05) is 4.72 Å². The van der Waals surface area contributed by atoms with Crippen LogP contribution in [0.15, 0.2) is 53.4 Å². The molecule has 0 aromatic heterocycles. The lowest BCUT2D eigenvalue weighted by Gasteiger charge is -2.19. The van der Waals surface area contributed by atoms with E-state index < -0.39 is 10.0 Å². The molecular weight excluding hydrogens is 286 g/mol. The highest BCUT2D eigenvalue weighted by Gasteiger charge is 2.19. The van der Waals surface area contributed by atoms with Crippen LogP contribution in [0.5, 0.6) is 5.75 Å². The van der Waals surface area contributed by atoms with Gasteiger partial charge in [0.2, 0.25) is 0 Å². The van der Waals surface area contributed by atoms with Crippen LogP contribution in [0.1, 0.15) is 26.3 Å². The first kappa shape index (κ1) is 15.4. The lowest BCUT2D eigenvalue weighted by molar-refractivity contribution is 0.459. The summed E-state index contributed by atoms with van der Waals surface area (Å²) in [7, 11) is -3.79. The van der Waals surface area contributed by atoms with Gasteiger partial charge in [-0.1, -0.05) is 45.0 Å². The topological polar surface area (TPSA) is 66.4 Å². The van der Waals surface area contributed by atoms with E-state index in [1.807, 2.05) is 12.1 Å². The fourth-order valence-corrected chi connectivity index (χ4v) is 3.09. The molecule has 2 aromatic carbocycles. The molecule has 0 heterocycles. The largest absolute Gasteiger partial charge is 0.507 e. The maximum absolute atomic E-state index is 12.2. The zero-order valence-corrected chi connectivity index (χ0v) is 13.1. The second-order valence-corrected chi connectivity index (χ2v) is 7.55. The first-order valence-corrected chi connectivity index (χ1v) is 8.10. The van der Waals surface area contributed by atoms with Gasteiger partial charge in [0.1, 0.15) is 10.6 Å². The van der Waals surface area contributed by atoms with Gasteiger partial charge in [-0.2, -0.15) is 0 Å². The maximum atomic E-state index is 12.2. The normalized spacial score (nSPS) is 12.1. The second kappa shape index (κ2) is 5.41. The van der Waals surface area contributed by atoms with Gasteiger partial charge in [-0.15, -0.1) is 0 Å². The zero-order valence-electron chi connectivity index (χ0n) is 12.3. The molecule has 2 aromatic rings. The summed E-state index contributed by atoms with van der Waals surface area (Å²) in [5.41, 5.74) is 1.59. The Hall–Kier alpha value is -2.01. The molecule has 0 saturated carbocycles. The number of hydrogen-bond donors (Lipinski definition) is 2. The van der Waals surface area contributed by atoms with Crippen molar-refractivity contribution in [1.82, 2.24) is 0 Å². The molecule has 2 rings (SSSR count). The Balaban J connectivity index is 2.28. The van der Waals surface area contributed by atoms with E-state index in [0.29, 0.717) is 5.69 Å². The van der Waals surface area contributed by atoms with Gasteiger partial charge >= 0.3 is 0 Å². The van der Waals surface area contributed by atoms with Crippen LogP contribution in [-0.2, 0) is 15.4 Å². The summed E-state index contributed by atoms with van der Waals surface area (Å²) in [4.78, 5) is -0.134. The minimum absolute atomic E-state index is 0.00903. The van der Waals surface area contributed by atoms with E-state index in [1.165, 1.54) is 12.1 Å². The van der Waals surface area contributed by atoms with Gasteiger partial charge in [-0.05, 0) is 35.2 Å². The van der Waals surface area contributed by atoms with Gasteiger partial charge in [0.25, 0.3) is 10.0 Å². The van der Waals surface area contributed by atoms with Gasteiger partial charge in [0.05, 0.1) is 0 Å². The summed E-state index contributed by atoms with van der Waals surface area (Å²) in [6.07, 6.45) is 0. The summed E-state index contributed by atoms with van der Waals surface area (Å²) < 4.78 is 26.9. The van der Waals surface area contributed by atoms with Gasteiger partial charge in [0.15, 0.2) is 0 Å². The third kappa shape index (κ3) is 3.55. The van der Waals surface area contributed by atoms with Crippen LogP contribution in [-0.4, -0.2) is 13.5 Å². The number of phenols is 1. The van der Waals surface area contributed by atoms with Crippen molar-refractivity contribution in [2.24, 2.45) is 0 Å². The Morgan fingerprint density at radius 2 is 1.52 bits per heavy atom. The van der Waals surface area contributed by atoms with Crippen molar-refractivity contribution in [1.29, 1.82) is 0 Å². The Kier molecular flexibility index (Phi) is 3.96. The second-order valence-electron chi connectivity index (χ2n) is 5.90. The molecule has 0 aliphatic carbocycles. The molecule has 0 saturated heterocycles. The average molecular weight is 305 g/mol. The molecule has 112 valence electrons. The highest BCUT2D eigenvalue weighted by Crippen LogP contribution is 2.26. The molecule has 0 aliphatic heterocycles. The van der Waals surface area contributed by atoms with Crippen molar-refractivity contribution >= 4 is 15.7 Å². The van der Waals surface area contributed by atoms with E-state index in [-0.39, 0.29) is 16.1 Å². The number of hydrogen-bond acceptors (Lipinski definition) is 3. The SMILES string of the molecule is CC(C)(C)c1ccc(NS(=O)(=O)c2ccccc2O)cc1. The molecule has 4 nitrogen and oxygen atoms in total. The predicted octanol–water partition coefficient (Wildman–Crippen LogP) is 3.49. The lowest BCUT2D eigenvalue weighted by Crippen LogP contribution is -2.14. The molecule has 0 radical (unpaired) electrons. The predicted molar refractivity (Wildman–Crippen MR) is 84.1 cm³/mol. The fourth-order valence-electron chi connectivity index (χ4n) is 1.93. The van der Waals surface area contributed by atoms with Gasteiger partial charge in [-0.25, -0.2) is 8.42 Å². The minimum Gasteiger partial charge on any atom is -0.507 e. The highest BCUT2D eigenvalue weighted by atomic mass is 32.2. The third-order valence-corrected chi connectivity index (χ3v) is 4.59. The monoisotopic (exact) mass is 305 g/mol. The summed E-state index contributed by atoms with van der Waals surface area (Å²) in [6, 6.07) is 13.1. The number of nitrogens with one attached hydrogen (secondary N) is 1. The average Bonchev–Trinajstić information content (AvgIpc) is 2.38. The molecule has 0 fully saturated rings. The van der Waals surface area contributed by atoms with Crippen LogP contribution < -0.4 is 4.72 Å². The molecule has 0 bridgehead atoms. The van der Waals surface area contributed by atoms with Crippen LogP contribution in [0.4, 0.5) is 5.69 Å². The Morgan fingerprint density at radius 1 is 0.952 bits per heavy atom. The Morgan fingerprint density at radius 3 is 2.05 bits per heavy atom. The van der Waals surface area contributed by atoms with E-state index in [9.17, 15) is 13.5 Å².